The summed E-state index contributed by atoms with van der Waals surface area (Å²) in [6.07, 6.45) is 5.64. The monoisotopic (exact) mass is 412 g/mol. The molecule has 0 atom stereocenters. The summed E-state index contributed by atoms with van der Waals surface area (Å²) in [5.41, 5.74) is 1.44. The van der Waals surface area contributed by atoms with Crippen molar-refractivity contribution >= 4 is 29.4 Å². The van der Waals surface area contributed by atoms with Crippen LogP contribution in [-0.2, 0) is 4.79 Å². The van der Waals surface area contributed by atoms with Gasteiger partial charge in [0.25, 0.3) is 0 Å². The van der Waals surface area contributed by atoms with Crippen LogP contribution >= 0.6 is 11.6 Å². The molecule has 0 fully saturated rings. The number of ether oxygens (including phenoxy) is 2. The third kappa shape index (κ3) is 4.14. The smallest absolute Gasteiger partial charge is 0.328 e. The molecule has 3 aromatic rings. The fourth-order valence-corrected chi connectivity index (χ4v) is 3.06. The van der Waals surface area contributed by atoms with Gasteiger partial charge < -0.3 is 19.1 Å². The van der Waals surface area contributed by atoms with E-state index in [1.807, 2.05) is 0 Å². The first kappa shape index (κ1) is 20.2. The van der Waals surface area contributed by atoms with Gasteiger partial charge in [0.1, 0.15) is 0 Å². The number of hydrogen-bond acceptors (Lipinski definition) is 5. The Kier molecular flexibility index (Phi) is 5.99. The highest BCUT2D eigenvalue weighted by Crippen LogP contribution is 2.32. The summed E-state index contributed by atoms with van der Waals surface area (Å²) in [7, 11) is 2.90. The minimum Gasteiger partial charge on any atom is -0.493 e. The zero-order valence-electron chi connectivity index (χ0n) is 15.6. The summed E-state index contributed by atoms with van der Waals surface area (Å²) in [5.74, 6) is -0.902. The third-order valence-corrected chi connectivity index (χ3v) is 4.38. The average molecular weight is 413 g/mol. The maximum atomic E-state index is 13.4. The van der Waals surface area contributed by atoms with Crippen LogP contribution in [0.1, 0.15) is 21.7 Å². The van der Waals surface area contributed by atoms with E-state index in [0.717, 1.165) is 6.08 Å². The normalized spacial score (nSPS) is 10.9. The predicted molar refractivity (Wildman–Crippen MR) is 108 cm³/mol. The highest BCUT2D eigenvalue weighted by atomic mass is 35.5. The van der Waals surface area contributed by atoms with E-state index >= 15 is 0 Å². The number of halogens is 1. The van der Waals surface area contributed by atoms with Gasteiger partial charge in [0.2, 0.25) is 5.78 Å². The average Bonchev–Trinajstić information content (AvgIpc) is 3.19. The van der Waals surface area contributed by atoms with Gasteiger partial charge in [-0.25, -0.2) is 9.78 Å². The quantitative estimate of drug-likeness (QED) is 0.468. The number of benzene rings is 1. The van der Waals surface area contributed by atoms with Crippen molar-refractivity contribution in [3.63, 3.8) is 0 Å². The number of aliphatic carboxylic acids is 1. The molecule has 0 aliphatic heterocycles. The van der Waals surface area contributed by atoms with Gasteiger partial charge in [-0.05, 0) is 36.4 Å². The molecule has 29 heavy (non-hydrogen) atoms. The number of rotatable bonds is 7. The topological polar surface area (TPSA) is 90.7 Å². The molecule has 8 heteroatoms. The summed E-state index contributed by atoms with van der Waals surface area (Å²) in [5, 5.41) is 9.28. The molecule has 0 saturated heterocycles. The van der Waals surface area contributed by atoms with Crippen molar-refractivity contribution in [1.82, 2.24) is 9.55 Å². The zero-order valence-corrected chi connectivity index (χ0v) is 16.4. The van der Waals surface area contributed by atoms with E-state index in [0.29, 0.717) is 22.2 Å². The molecule has 0 spiro atoms. The number of ketones is 1. The van der Waals surface area contributed by atoms with Crippen LogP contribution < -0.4 is 9.47 Å². The van der Waals surface area contributed by atoms with E-state index in [1.54, 1.807) is 41.1 Å². The van der Waals surface area contributed by atoms with Crippen molar-refractivity contribution in [3.8, 4) is 17.2 Å². The van der Waals surface area contributed by atoms with Crippen LogP contribution in [-0.4, -0.2) is 40.6 Å². The number of pyridine rings is 1. The lowest BCUT2D eigenvalue weighted by Gasteiger charge is -2.15. The molecule has 3 rings (SSSR count). The summed E-state index contributed by atoms with van der Waals surface area (Å²) >= 11 is 6.15. The van der Waals surface area contributed by atoms with E-state index in [-0.39, 0.29) is 17.0 Å². The molecular weight excluding hydrogens is 396 g/mol. The molecule has 0 bridgehead atoms. The number of hydrogen-bond donors (Lipinski definition) is 1. The van der Waals surface area contributed by atoms with Crippen LogP contribution in [0, 0.1) is 0 Å². The van der Waals surface area contributed by atoms with Crippen LogP contribution in [0.5, 0.6) is 11.5 Å². The van der Waals surface area contributed by atoms with Crippen LogP contribution in [0.3, 0.4) is 0 Å². The Morgan fingerprint density at radius 2 is 1.97 bits per heavy atom. The Hall–Kier alpha value is -3.58. The number of methoxy groups -OCH3 is 2. The number of carboxylic acid groups (broad SMARTS) is 1. The lowest BCUT2D eigenvalue weighted by molar-refractivity contribution is -0.131. The number of carbonyl (C=O) groups is 2. The number of carboxylic acids is 1. The van der Waals surface area contributed by atoms with Crippen molar-refractivity contribution in [2.45, 2.75) is 0 Å². The van der Waals surface area contributed by atoms with E-state index in [2.05, 4.69) is 4.98 Å². The van der Waals surface area contributed by atoms with Crippen LogP contribution in [0.2, 0.25) is 5.02 Å². The second-order valence-electron chi connectivity index (χ2n) is 5.86. The molecular formula is C21H17ClN2O5. The summed E-state index contributed by atoms with van der Waals surface area (Å²) in [4.78, 5) is 28.4. The van der Waals surface area contributed by atoms with Gasteiger partial charge in [0, 0.05) is 40.8 Å². The molecule has 2 heterocycles. The number of nitrogens with zero attached hydrogens (tertiary/aromatic N) is 2. The largest absolute Gasteiger partial charge is 0.493 e. The lowest BCUT2D eigenvalue weighted by atomic mass is 10.0. The highest BCUT2D eigenvalue weighted by Gasteiger charge is 2.23. The fourth-order valence-electron chi connectivity index (χ4n) is 2.88. The molecule has 0 unspecified atom stereocenters. The maximum absolute atomic E-state index is 13.4. The molecule has 0 radical (unpaired) electrons. The molecule has 1 aromatic carbocycles. The Bertz CT molecular complexity index is 1100. The lowest BCUT2D eigenvalue weighted by Crippen LogP contribution is -2.11. The first-order valence-electron chi connectivity index (χ1n) is 8.46. The second-order valence-corrected chi connectivity index (χ2v) is 6.30. The minimum atomic E-state index is -1.07. The SMILES string of the molecule is COc1ccnc(C(=O)c2cc(Cl)ccc2-n2cccc2C=CC(=O)O)c1OC. The molecule has 0 amide bonds. The molecule has 1 N–H and O–H groups in total. The first-order valence-corrected chi connectivity index (χ1v) is 8.84. The molecule has 2 aromatic heterocycles. The third-order valence-electron chi connectivity index (χ3n) is 4.15. The minimum absolute atomic E-state index is 0.0742. The Balaban J connectivity index is 2.16. The molecule has 7 nitrogen and oxygen atoms in total. The van der Waals surface area contributed by atoms with Crippen molar-refractivity contribution < 1.29 is 24.2 Å². The molecule has 0 saturated carbocycles. The van der Waals surface area contributed by atoms with E-state index in [4.69, 9.17) is 26.2 Å². The highest BCUT2D eigenvalue weighted by molar-refractivity contribution is 6.31. The van der Waals surface area contributed by atoms with Crippen LogP contribution in [0.4, 0.5) is 0 Å². The van der Waals surface area contributed by atoms with Crippen molar-refractivity contribution in [3.05, 3.63) is 76.8 Å². The van der Waals surface area contributed by atoms with Crippen molar-refractivity contribution in [2.75, 3.05) is 14.2 Å². The molecule has 0 aliphatic carbocycles. The summed E-state index contributed by atoms with van der Waals surface area (Å²) in [6.45, 7) is 0. The Morgan fingerprint density at radius 3 is 2.66 bits per heavy atom. The van der Waals surface area contributed by atoms with Gasteiger partial charge in [0.15, 0.2) is 17.2 Å². The summed E-state index contributed by atoms with van der Waals surface area (Å²) < 4.78 is 12.3. The predicted octanol–water partition coefficient (Wildman–Crippen LogP) is 3.87. The fraction of sp³-hybridized carbons (Fsp3) is 0.0952. The maximum Gasteiger partial charge on any atom is 0.328 e. The molecule has 148 valence electrons. The van der Waals surface area contributed by atoms with Gasteiger partial charge in [-0.1, -0.05) is 11.6 Å². The molecule has 0 aliphatic rings. The van der Waals surface area contributed by atoms with Crippen LogP contribution in [0.15, 0.2) is 54.9 Å². The van der Waals surface area contributed by atoms with Gasteiger partial charge in [-0.15, -0.1) is 0 Å². The van der Waals surface area contributed by atoms with Gasteiger partial charge in [-0.2, -0.15) is 0 Å². The second kappa shape index (κ2) is 8.62. The van der Waals surface area contributed by atoms with Crippen molar-refractivity contribution in [2.24, 2.45) is 0 Å². The van der Waals surface area contributed by atoms with Gasteiger partial charge in [0.05, 0.1) is 19.9 Å². The Labute approximate surface area is 171 Å². The van der Waals surface area contributed by atoms with E-state index in [9.17, 15) is 9.59 Å². The van der Waals surface area contributed by atoms with E-state index in [1.165, 1.54) is 32.6 Å². The Morgan fingerprint density at radius 1 is 1.17 bits per heavy atom. The van der Waals surface area contributed by atoms with E-state index < -0.39 is 11.8 Å². The van der Waals surface area contributed by atoms with Crippen molar-refractivity contribution in [1.29, 1.82) is 0 Å². The summed E-state index contributed by atoms with van der Waals surface area (Å²) in [6, 6.07) is 9.93. The zero-order chi connectivity index (χ0) is 21.0. The van der Waals surface area contributed by atoms with Gasteiger partial charge in [-0.3, -0.25) is 4.79 Å². The number of carbonyl (C=O) groups excluding carboxylic acids is 1. The standard InChI is InChI=1S/C21H17ClN2O5/c1-28-17-9-10-23-19(21(17)29-2)20(27)15-12-13(22)5-7-16(15)24-11-3-4-14(24)6-8-18(25)26/h3-12H,1-2H3,(H,25,26). The number of aromatic nitrogens is 2. The van der Waals surface area contributed by atoms with Crippen LogP contribution in [0.25, 0.3) is 11.8 Å². The van der Waals surface area contributed by atoms with Gasteiger partial charge >= 0.3 is 5.97 Å². The first-order chi connectivity index (χ1) is 14.0.